The van der Waals surface area contributed by atoms with Crippen LogP contribution in [0.15, 0.2) is 47.0 Å². The van der Waals surface area contributed by atoms with Gasteiger partial charge in [-0.05, 0) is 36.6 Å². The number of halogens is 1. The molecule has 0 radical (unpaired) electrons. The van der Waals surface area contributed by atoms with Crippen molar-refractivity contribution in [2.75, 3.05) is 31.1 Å². The molecular formula is C23H25ClN4O3S. The third-order valence-electron chi connectivity index (χ3n) is 5.76. The van der Waals surface area contributed by atoms with Crippen LogP contribution >= 0.6 is 23.8 Å². The van der Waals surface area contributed by atoms with Crippen LogP contribution in [0.2, 0.25) is 0 Å². The van der Waals surface area contributed by atoms with Crippen molar-refractivity contribution in [1.29, 1.82) is 5.41 Å². The largest absolute Gasteiger partial charge is 0.442 e. The molecule has 1 aromatic rings. The standard InChI is InChI=1S/C23H25ClN4O3S/c24-16-6-7-20(32)19(12-16)22(29)26-13-18-14-28(23(30)31-18)17-5-3-4-15(10-17)11-21(25)27-8-1-2-9-27/h3-6,10,12,18,25H,1-2,7-9,11,13-14H2,(H,26,29). The lowest BCUT2D eigenvalue weighted by atomic mass is 10.0. The maximum absolute atomic E-state index is 12.5. The maximum atomic E-state index is 12.5. The van der Waals surface area contributed by atoms with E-state index in [-0.39, 0.29) is 12.5 Å². The van der Waals surface area contributed by atoms with Crippen molar-refractivity contribution in [3.05, 3.63) is 52.6 Å². The highest BCUT2D eigenvalue weighted by Gasteiger charge is 2.33. The highest BCUT2D eigenvalue weighted by Crippen LogP contribution is 2.24. The molecule has 0 aromatic heterocycles. The molecule has 9 heteroatoms. The topological polar surface area (TPSA) is 85.7 Å². The average molecular weight is 473 g/mol. The molecule has 2 fully saturated rings. The van der Waals surface area contributed by atoms with Crippen LogP contribution in [0.25, 0.3) is 0 Å². The quantitative estimate of drug-likeness (QED) is 0.375. The first kappa shape index (κ1) is 22.5. The molecule has 2 amide bonds. The SMILES string of the molecule is N=C(Cc1cccc(N2CC(CNC(=O)C3=CC(Cl)=CCC3=S)OC2=O)c1)N1CCCC1. The Bertz CT molecular complexity index is 1020. The van der Waals surface area contributed by atoms with Gasteiger partial charge in [0, 0.05) is 41.5 Å². The second-order valence-electron chi connectivity index (χ2n) is 8.09. The summed E-state index contributed by atoms with van der Waals surface area (Å²) in [6.45, 7) is 2.39. The summed E-state index contributed by atoms with van der Waals surface area (Å²) in [7, 11) is 0. The van der Waals surface area contributed by atoms with Crippen LogP contribution < -0.4 is 10.2 Å². The Morgan fingerprint density at radius 2 is 2.09 bits per heavy atom. The van der Waals surface area contributed by atoms with E-state index in [1.54, 1.807) is 17.1 Å². The lowest BCUT2D eigenvalue weighted by Crippen LogP contribution is -2.36. The molecule has 3 aliphatic rings. The van der Waals surface area contributed by atoms with Crippen molar-refractivity contribution in [2.24, 2.45) is 0 Å². The number of carbonyl (C=O) groups is 2. The monoisotopic (exact) mass is 472 g/mol. The average Bonchev–Trinajstić information content (AvgIpc) is 3.44. The molecule has 2 N–H and O–H groups in total. The molecule has 7 nitrogen and oxygen atoms in total. The highest BCUT2D eigenvalue weighted by molar-refractivity contribution is 7.81. The zero-order chi connectivity index (χ0) is 22.7. The molecule has 1 aromatic carbocycles. The minimum atomic E-state index is -0.471. The van der Waals surface area contributed by atoms with Gasteiger partial charge in [0.1, 0.15) is 11.9 Å². The van der Waals surface area contributed by atoms with Crippen molar-refractivity contribution < 1.29 is 14.3 Å². The van der Waals surface area contributed by atoms with Gasteiger partial charge in [0.2, 0.25) is 0 Å². The van der Waals surface area contributed by atoms with E-state index in [2.05, 4.69) is 10.2 Å². The lowest BCUT2D eigenvalue weighted by Gasteiger charge is -2.19. The van der Waals surface area contributed by atoms with Crippen LogP contribution in [0.5, 0.6) is 0 Å². The Labute approximate surface area is 197 Å². The van der Waals surface area contributed by atoms with Gasteiger partial charge >= 0.3 is 6.09 Å². The van der Waals surface area contributed by atoms with Crippen LogP contribution in [0.4, 0.5) is 10.5 Å². The van der Waals surface area contributed by atoms with E-state index in [1.807, 2.05) is 24.3 Å². The number of amides is 2. The third-order valence-corrected chi connectivity index (χ3v) is 6.41. The van der Waals surface area contributed by atoms with E-state index in [9.17, 15) is 9.59 Å². The van der Waals surface area contributed by atoms with Gasteiger partial charge < -0.3 is 15.0 Å². The van der Waals surface area contributed by atoms with Gasteiger partial charge in [-0.15, -0.1) is 0 Å². The lowest BCUT2D eigenvalue weighted by molar-refractivity contribution is -0.117. The first-order chi connectivity index (χ1) is 15.4. The first-order valence-corrected chi connectivity index (χ1v) is 11.5. The molecule has 1 unspecified atom stereocenters. The van der Waals surface area contributed by atoms with E-state index in [1.165, 1.54) is 0 Å². The first-order valence-electron chi connectivity index (χ1n) is 10.7. The summed E-state index contributed by atoms with van der Waals surface area (Å²) in [6.07, 6.45) is 5.66. The number of benzene rings is 1. The number of cyclic esters (lactones) is 1. The molecule has 1 aliphatic carbocycles. The number of anilines is 1. The van der Waals surface area contributed by atoms with Crippen LogP contribution in [0.1, 0.15) is 24.8 Å². The van der Waals surface area contributed by atoms with Crippen LogP contribution in [0, 0.1) is 5.41 Å². The number of amidine groups is 1. The van der Waals surface area contributed by atoms with Gasteiger partial charge in [0.25, 0.3) is 5.91 Å². The van der Waals surface area contributed by atoms with Gasteiger partial charge in [-0.1, -0.05) is 42.0 Å². The Morgan fingerprint density at radius 3 is 2.88 bits per heavy atom. The van der Waals surface area contributed by atoms with Crippen molar-refractivity contribution in [1.82, 2.24) is 10.2 Å². The van der Waals surface area contributed by atoms with Crippen molar-refractivity contribution in [3.8, 4) is 0 Å². The van der Waals surface area contributed by atoms with Crippen molar-refractivity contribution >= 4 is 52.2 Å². The fourth-order valence-electron chi connectivity index (χ4n) is 4.04. The normalized spacial score (nSPS) is 20.7. The summed E-state index contributed by atoms with van der Waals surface area (Å²) in [5.74, 6) is 0.285. The molecule has 0 bridgehead atoms. The van der Waals surface area contributed by atoms with Crippen molar-refractivity contribution in [3.63, 3.8) is 0 Å². The van der Waals surface area contributed by atoms with E-state index < -0.39 is 12.2 Å². The number of ether oxygens (including phenoxy) is 1. The minimum Gasteiger partial charge on any atom is -0.442 e. The molecule has 4 rings (SSSR count). The summed E-state index contributed by atoms with van der Waals surface area (Å²) in [5, 5.41) is 11.6. The number of likely N-dealkylation sites (tertiary alicyclic amines) is 1. The molecule has 2 aliphatic heterocycles. The summed E-state index contributed by atoms with van der Waals surface area (Å²) in [5.41, 5.74) is 2.08. The summed E-state index contributed by atoms with van der Waals surface area (Å²) in [6, 6.07) is 7.63. The molecule has 168 valence electrons. The molecule has 32 heavy (non-hydrogen) atoms. The summed E-state index contributed by atoms with van der Waals surface area (Å²) in [4.78, 5) is 29.1. The van der Waals surface area contributed by atoms with Gasteiger partial charge in [0.05, 0.1) is 18.7 Å². The fraction of sp³-hybridized carbons (Fsp3) is 0.391. The molecule has 1 atom stereocenters. The van der Waals surface area contributed by atoms with E-state index in [4.69, 9.17) is 34.0 Å². The van der Waals surface area contributed by atoms with E-state index in [0.717, 1.165) is 37.2 Å². The minimum absolute atomic E-state index is 0.182. The van der Waals surface area contributed by atoms with Crippen LogP contribution in [-0.4, -0.2) is 59.9 Å². The number of thiocarbonyl (C=S) groups is 1. The smallest absolute Gasteiger partial charge is 0.414 e. The maximum Gasteiger partial charge on any atom is 0.414 e. The van der Waals surface area contributed by atoms with Gasteiger partial charge in [-0.2, -0.15) is 0 Å². The number of hydrogen-bond donors (Lipinski definition) is 2. The number of rotatable bonds is 6. The second kappa shape index (κ2) is 9.83. The Balaban J connectivity index is 1.34. The van der Waals surface area contributed by atoms with Gasteiger partial charge in [-0.25, -0.2) is 4.79 Å². The third kappa shape index (κ3) is 5.19. The van der Waals surface area contributed by atoms with E-state index in [0.29, 0.717) is 40.7 Å². The number of hydrogen-bond acceptors (Lipinski definition) is 5. The highest BCUT2D eigenvalue weighted by atomic mass is 35.5. The zero-order valence-corrected chi connectivity index (χ0v) is 19.2. The number of carbonyl (C=O) groups excluding carboxylic acids is 2. The number of allylic oxidation sites excluding steroid dienone is 3. The summed E-state index contributed by atoms with van der Waals surface area (Å²) < 4.78 is 5.45. The Hall–Kier alpha value is -2.71. The van der Waals surface area contributed by atoms with Gasteiger partial charge in [-0.3, -0.25) is 15.1 Å². The predicted molar refractivity (Wildman–Crippen MR) is 129 cm³/mol. The van der Waals surface area contributed by atoms with Gasteiger partial charge in [0.15, 0.2) is 0 Å². The molecular weight excluding hydrogens is 448 g/mol. The fourth-order valence-corrected chi connectivity index (χ4v) is 4.46. The summed E-state index contributed by atoms with van der Waals surface area (Å²) >= 11 is 11.2. The van der Waals surface area contributed by atoms with Crippen LogP contribution in [0.3, 0.4) is 0 Å². The molecule has 2 saturated heterocycles. The van der Waals surface area contributed by atoms with Crippen molar-refractivity contribution in [2.45, 2.75) is 31.8 Å². The van der Waals surface area contributed by atoms with Crippen LogP contribution in [-0.2, 0) is 16.0 Å². The molecule has 0 saturated carbocycles. The Kier molecular flexibility index (Phi) is 6.91. The van der Waals surface area contributed by atoms with E-state index >= 15 is 0 Å². The molecule has 2 heterocycles. The zero-order valence-electron chi connectivity index (χ0n) is 17.6. The number of nitrogens with one attached hydrogen (secondary N) is 2. The molecule has 0 spiro atoms. The Morgan fingerprint density at radius 1 is 1.31 bits per heavy atom. The number of nitrogens with zero attached hydrogens (tertiary/aromatic N) is 2. The second-order valence-corrected chi connectivity index (χ2v) is 9.02. The predicted octanol–water partition coefficient (Wildman–Crippen LogP) is 3.57.